The van der Waals surface area contributed by atoms with Crippen LogP contribution in [0.5, 0.6) is 5.75 Å². The van der Waals surface area contributed by atoms with E-state index < -0.39 is 0 Å². The van der Waals surface area contributed by atoms with Crippen LogP contribution in [0.3, 0.4) is 0 Å². The summed E-state index contributed by atoms with van der Waals surface area (Å²) < 4.78 is 5.93. The average Bonchev–Trinajstić information content (AvgIpc) is 2.83. The summed E-state index contributed by atoms with van der Waals surface area (Å²) in [5.74, 6) is 0.997. The van der Waals surface area contributed by atoms with Crippen LogP contribution in [0.4, 0.5) is 0 Å². The number of unbranched alkanes of at least 4 members (excludes halogenated alkanes) is 3. The van der Waals surface area contributed by atoms with Gasteiger partial charge in [-0.25, -0.2) is 0 Å². The molecule has 2 nitrogen and oxygen atoms in total. The molecule has 0 bridgehead atoms. The van der Waals surface area contributed by atoms with Crippen LogP contribution in [0.2, 0.25) is 5.02 Å². The van der Waals surface area contributed by atoms with Crippen LogP contribution in [0.1, 0.15) is 51.5 Å². The second kappa shape index (κ2) is 7.90. The highest BCUT2D eigenvalue weighted by Crippen LogP contribution is 2.30. The zero-order chi connectivity index (χ0) is 14.4. The zero-order valence-electron chi connectivity index (χ0n) is 12.6. The lowest BCUT2D eigenvalue weighted by Gasteiger charge is -2.17. The summed E-state index contributed by atoms with van der Waals surface area (Å²) in [6.07, 6.45) is 7.81. The van der Waals surface area contributed by atoms with Gasteiger partial charge in [-0.3, -0.25) is 0 Å². The Hall–Kier alpha value is -0.730. The van der Waals surface area contributed by atoms with Gasteiger partial charge in [-0.2, -0.15) is 0 Å². The van der Waals surface area contributed by atoms with Crippen molar-refractivity contribution in [3.8, 4) is 5.75 Å². The van der Waals surface area contributed by atoms with Gasteiger partial charge in [0.05, 0.1) is 0 Å². The predicted octanol–water partition coefficient (Wildman–Crippen LogP) is 4.59. The van der Waals surface area contributed by atoms with E-state index in [4.69, 9.17) is 16.3 Å². The van der Waals surface area contributed by atoms with Crippen LogP contribution in [0, 0.1) is 0 Å². The summed E-state index contributed by atoms with van der Waals surface area (Å²) in [5, 5.41) is 4.39. The first-order chi connectivity index (χ1) is 9.69. The van der Waals surface area contributed by atoms with Crippen molar-refractivity contribution in [1.29, 1.82) is 0 Å². The molecule has 2 unspecified atom stereocenters. The van der Waals surface area contributed by atoms with E-state index in [0.717, 1.165) is 23.7 Å². The molecule has 1 aliphatic heterocycles. The third kappa shape index (κ3) is 4.68. The molecule has 2 atom stereocenters. The average molecular weight is 296 g/mol. The highest BCUT2D eigenvalue weighted by Gasteiger charge is 2.23. The second-order valence-corrected chi connectivity index (χ2v) is 6.29. The molecule has 0 fully saturated rings. The second-order valence-electron chi connectivity index (χ2n) is 5.85. The number of benzene rings is 1. The first kappa shape index (κ1) is 15.7. The molecule has 0 aromatic heterocycles. The Kier molecular flexibility index (Phi) is 6.18. The quantitative estimate of drug-likeness (QED) is 0.708. The molecule has 0 saturated heterocycles. The van der Waals surface area contributed by atoms with Gasteiger partial charge in [-0.15, -0.1) is 0 Å². The van der Waals surface area contributed by atoms with E-state index in [1.165, 1.54) is 37.7 Å². The van der Waals surface area contributed by atoms with Gasteiger partial charge in [0.1, 0.15) is 11.9 Å². The highest BCUT2D eigenvalue weighted by atomic mass is 35.5. The minimum atomic E-state index is 0.251. The van der Waals surface area contributed by atoms with Crippen molar-refractivity contribution in [2.45, 2.75) is 64.5 Å². The van der Waals surface area contributed by atoms with E-state index in [9.17, 15) is 0 Å². The minimum absolute atomic E-state index is 0.251. The maximum Gasteiger partial charge on any atom is 0.123 e. The van der Waals surface area contributed by atoms with Gasteiger partial charge < -0.3 is 10.1 Å². The fourth-order valence-electron chi connectivity index (χ4n) is 2.71. The van der Waals surface area contributed by atoms with Crippen LogP contribution in [-0.2, 0) is 6.42 Å². The fraction of sp³-hybridized carbons (Fsp3) is 0.647. The summed E-state index contributed by atoms with van der Waals surface area (Å²) in [6.45, 7) is 5.44. The van der Waals surface area contributed by atoms with Crippen molar-refractivity contribution in [3.63, 3.8) is 0 Å². The molecule has 1 heterocycles. The SMILES string of the molecule is CCCCCCC(C)NCC1Cc2cc(Cl)ccc2O1. The van der Waals surface area contributed by atoms with E-state index in [0.29, 0.717) is 6.04 Å². The molecule has 3 heteroatoms. The fourth-order valence-corrected chi connectivity index (χ4v) is 2.91. The molecule has 0 amide bonds. The van der Waals surface area contributed by atoms with Gasteiger partial charge in [-0.05, 0) is 37.1 Å². The van der Waals surface area contributed by atoms with Crippen LogP contribution in [0.15, 0.2) is 18.2 Å². The molecule has 1 aromatic rings. The van der Waals surface area contributed by atoms with E-state index in [1.54, 1.807) is 0 Å². The summed E-state index contributed by atoms with van der Waals surface area (Å²) in [6, 6.07) is 6.46. The van der Waals surface area contributed by atoms with Crippen molar-refractivity contribution in [1.82, 2.24) is 5.32 Å². The van der Waals surface area contributed by atoms with E-state index in [2.05, 4.69) is 19.2 Å². The molecule has 2 rings (SSSR count). The van der Waals surface area contributed by atoms with E-state index >= 15 is 0 Å². The first-order valence-corrected chi connectivity index (χ1v) is 8.25. The van der Waals surface area contributed by atoms with E-state index in [-0.39, 0.29) is 6.10 Å². The molecule has 0 aliphatic carbocycles. The Bertz CT molecular complexity index is 421. The summed E-state index contributed by atoms with van der Waals surface area (Å²) in [7, 11) is 0. The molecular formula is C17H26ClNO. The van der Waals surface area contributed by atoms with Crippen LogP contribution >= 0.6 is 11.6 Å². The molecule has 112 valence electrons. The molecule has 0 radical (unpaired) electrons. The standard InChI is InChI=1S/C17H26ClNO/c1-3-4-5-6-7-13(2)19-12-16-11-14-10-15(18)8-9-17(14)20-16/h8-10,13,16,19H,3-7,11-12H2,1-2H3. The topological polar surface area (TPSA) is 21.3 Å². The lowest BCUT2D eigenvalue weighted by Crippen LogP contribution is -2.35. The molecule has 0 saturated carbocycles. The van der Waals surface area contributed by atoms with Gasteiger partial charge in [0.25, 0.3) is 0 Å². The number of halogens is 1. The highest BCUT2D eigenvalue weighted by molar-refractivity contribution is 6.30. The van der Waals surface area contributed by atoms with Crippen molar-refractivity contribution < 1.29 is 4.74 Å². The molecular weight excluding hydrogens is 270 g/mol. The van der Waals surface area contributed by atoms with Gasteiger partial charge in [0.15, 0.2) is 0 Å². The van der Waals surface area contributed by atoms with E-state index in [1.807, 2.05) is 18.2 Å². The van der Waals surface area contributed by atoms with Crippen molar-refractivity contribution in [3.05, 3.63) is 28.8 Å². The Morgan fingerprint density at radius 3 is 3.00 bits per heavy atom. The normalized spacial score (nSPS) is 18.6. The number of ether oxygens (including phenoxy) is 1. The van der Waals surface area contributed by atoms with Crippen molar-refractivity contribution in [2.24, 2.45) is 0 Å². The monoisotopic (exact) mass is 295 g/mol. The maximum atomic E-state index is 6.01. The van der Waals surface area contributed by atoms with Gasteiger partial charge in [-0.1, -0.05) is 44.2 Å². The van der Waals surface area contributed by atoms with Crippen LogP contribution < -0.4 is 10.1 Å². The summed E-state index contributed by atoms with van der Waals surface area (Å²) in [4.78, 5) is 0. The van der Waals surface area contributed by atoms with Gasteiger partial charge in [0, 0.05) is 24.0 Å². The molecule has 0 spiro atoms. The summed E-state index contributed by atoms with van der Waals surface area (Å²) in [5.41, 5.74) is 1.24. The van der Waals surface area contributed by atoms with Gasteiger partial charge in [0.2, 0.25) is 0 Å². The number of hydrogen-bond donors (Lipinski definition) is 1. The number of hydrogen-bond acceptors (Lipinski definition) is 2. The first-order valence-electron chi connectivity index (χ1n) is 7.87. The van der Waals surface area contributed by atoms with Crippen molar-refractivity contribution >= 4 is 11.6 Å². The predicted molar refractivity (Wildman–Crippen MR) is 85.8 cm³/mol. The third-order valence-electron chi connectivity index (χ3n) is 3.95. The number of rotatable bonds is 8. The van der Waals surface area contributed by atoms with Crippen molar-refractivity contribution in [2.75, 3.05) is 6.54 Å². The van der Waals surface area contributed by atoms with Gasteiger partial charge >= 0.3 is 0 Å². The Balaban J connectivity index is 1.66. The molecule has 1 N–H and O–H groups in total. The maximum absolute atomic E-state index is 6.01. The zero-order valence-corrected chi connectivity index (χ0v) is 13.4. The third-order valence-corrected chi connectivity index (χ3v) is 4.18. The Morgan fingerprint density at radius 2 is 2.20 bits per heavy atom. The Morgan fingerprint density at radius 1 is 1.35 bits per heavy atom. The lowest BCUT2D eigenvalue weighted by molar-refractivity contribution is 0.221. The largest absolute Gasteiger partial charge is 0.488 e. The molecule has 20 heavy (non-hydrogen) atoms. The molecule has 1 aliphatic rings. The number of nitrogens with one attached hydrogen (secondary N) is 1. The number of fused-ring (bicyclic) bond motifs is 1. The van der Waals surface area contributed by atoms with Crippen LogP contribution in [-0.4, -0.2) is 18.7 Å². The van der Waals surface area contributed by atoms with Crippen LogP contribution in [0.25, 0.3) is 0 Å². The Labute approximate surface area is 127 Å². The summed E-state index contributed by atoms with van der Waals surface area (Å²) >= 11 is 6.01. The minimum Gasteiger partial charge on any atom is -0.488 e. The molecule has 1 aromatic carbocycles. The smallest absolute Gasteiger partial charge is 0.123 e. The lowest BCUT2D eigenvalue weighted by atomic mass is 10.1.